The minimum absolute atomic E-state index is 0.0815. The summed E-state index contributed by atoms with van der Waals surface area (Å²) in [6.45, 7) is 11.4. The fourth-order valence-corrected chi connectivity index (χ4v) is 5.85. The highest BCUT2D eigenvalue weighted by Gasteiger charge is 2.39. The average Bonchev–Trinajstić information content (AvgIpc) is 2.94. The highest BCUT2D eigenvalue weighted by molar-refractivity contribution is 5.82. The van der Waals surface area contributed by atoms with E-state index in [1.807, 2.05) is 20.8 Å². The molecule has 2 aliphatic carbocycles. The predicted molar refractivity (Wildman–Crippen MR) is 159 cm³/mol. The number of carboxylic acid groups (broad SMARTS) is 1. The van der Waals surface area contributed by atoms with Crippen molar-refractivity contribution in [3.63, 3.8) is 0 Å². The van der Waals surface area contributed by atoms with Crippen molar-refractivity contribution in [2.24, 2.45) is 34.5 Å². The van der Waals surface area contributed by atoms with Gasteiger partial charge in [-0.15, -0.1) is 0 Å². The van der Waals surface area contributed by atoms with E-state index in [4.69, 9.17) is 19.3 Å². The third-order valence-electron chi connectivity index (χ3n) is 8.49. The van der Waals surface area contributed by atoms with Gasteiger partial charge in [-0.3, -0.25) is 19.2 Å². The van der Waals surface area contributed by atoms with Gasteiger partial charge in [-0.05, 0) is 55.8 Å². The van der Waals surface area contributed by atoms with Crippen molar-refractivity contribution in [3.8, 4) is 0 Å². The van der Waals surface area contributed by atoms with E-state index in [-0.39, 0.29) is 55.1 Å². The van der Waals surface area contributed by atoms with E-state index in [1.54, 1.807) is 0 Å². The predicted octanol–water partition coefficient (Wildman–Crippen LogP) is 3.48. The van der Waals surface area contributed by atoms with Gasteiger partial charge >= 0.3 is 23.9 Å². The molecule has 43 heavy (non-hydrogen) atoms. The standard InChI is InChI=1S/C32H55NO10/c1-31(2,3)15-26(32(4,5)6)30(40)43-19-23(35)18-42-29(39)25-10-8-7-9-24(25)28(38)41-17-22(34)16-33-21-13-11-20(12-14-21)27(36)37/h20-26,33-35H,7-19H2,1-6H3,(H,36,37). The molecule has 0 aliphatic heterocycles. The summed E-state index contributed by atoms with van der Waals surface area (Å²) in [4.78, 5) is 49.7. The van der Waals surface area contributed by atoms with Crippen molar-refractivity contribution in [2.75, 3.05) is 26.4 Å². The van der Waals surface area contributed by atoms with E-state index in [2.05, 4.69) is 26.1 Å². The summed E-state index contributed by atoms with van der Waals surface area (Å²) in [5.74, 6) is -4.43. The highest BCUT2D eigenvalue weighted by atomic mass is 16.6. The van der Waals surface area contributed by atoms with E-state index in [0.29, 0.717) is 44.9 Å². The number of hydrogen-bond donors (Lipinski definition) is 4. The molecule has 5 atom stereocenters. The summed E-state index contributed by atoms with van der Waals surface area (Å²) in [7, 11) is 0. The van der Waals surface area contributed by atoms with Crippen LogP contribution in [0.5, 0.6) is 0 Å². The molecule has 5 unspecified atom stereocenters. The average molecular weight is 614 g/mol. The molecule has 0 aromatic heterocycles. The van der Waals surface area contributed by atoms with Gasteiger partial charge in [-0.25, -0.2) is 0 Å². The lowest BCUT2D eigenvalue weighted by Crippen LogP contribution is -2.41. The molecule has 0 bridgehead atoms. The molecule has 2 rings (SSSR count). The van der Waals surface area contributed by atoms with Gasteiger partial charge in [0.05, 0.1) is 23.7 Å². The number of carboxylic acids is 1. The molecule has 0 spiro atoms. The zero-order valence-electron chi connectivity index (χ0n) is 26.9. The Hall–Kier alpha value is -2.24. The Bertz CT molecular complexity index is 916. The van der Waals surface area contributed by atoms with Crippen LogP contribution in [0.4, 0.5) is 0 Å². The third-order valence-corrected chi connectivity index (χ3v) is 8.49. The van der Waals surface area contributed by atoms with Crippen LogP contribution in [0.3, 0.4) is 0 Å². The molecule has 0 aromatic rings. The number of carbonyl (C=O) groups excluding carboxylic acids is 3. The Morgan fingerprint density at radius 3 is 1.70 bits per heavy atom. The molecule has 4 N–H and O–H groups in total. The highest BCUT2D eigenvalue weighted by Crippen LogP contribution is 2.37. The molecule has 0 aromatic carbocycles. The van der Waals surface area contributed by atoms with E-state index >= 15 is 0 Å². The van der Waals surface area contributed by atoms with Crippen molar-refractivity contribution in [3.05, 3.63) is 0 Å². The number of ether oxygens (including phenoxy) is 3. The van der Waals surface area contributed by atoms with Crippen molar-refractivity contribution >= 4 is 23.9 Å². The zero-order valence-corrected chi connectivity index (χ0v) is 26.9. The molecule has 2 aliphatic rings. The third kappa shape index (κ3) is 13.1. The van der Waals surface area contributed by atoms with Crippen LogP contribution in [0, 0.1) is 34.5 Å². The fraction of sp³-hybridized carbons (Fsp3) is 0.875. The first-order valence-corrected chi connectivity index (χ1v) is 15.8. The van der Waals surface area contributed by atoms with Gasteiger partial charge in [-0.2, -0.15) is 0 Å². The van der Waals surface area contributed by atoms with Crippen LogP contribution in [-0.2, 0) is 33.4 Å². The van der Waals surface area contributed by atoms with Crippen LogP contribution in [0.25, 0.3) is 0 Å². The lowest BCUT2D eigenvalue weighted by atomic mass is 9.72. The largest absolute Gasteiger partial charge is 0.481 e. The molecular weight excluding hydrogens is 558 g/mol. The lowest BCUT2D eigenvalue weighted by molar-refractivity contribution is -0.168. The van der Waals surface area contributed by atoms with Crippen molar-refractivity contribution in [2.45, 2.75) is 118 Å². The van der Waals surface area contributed by atoms with E-state index in [1.165, 1.54) is 0 Å². The molecule has 248 valence electrons. The van der Waals surface area contributed by atoms with E-state index < -0.39 is 47.9 Å². The Kier molecular flexibility index (Phi) is 14.4. The first kappa shape index (κ1) is 36.9. The van der Waals surface area contributed by atoms with Gasteiger partial charge in [0.15, 0.2) is 0 Å². The van der Waals surface area contributed by atoms with Crippen molar-refractivity contribution in [1.29, 1.82) is 0 Å². The summed E-state index contributed by atoms with van der Waals surface area (Å²) in [6.07, 6.45) is 3.52. The Balaban J connectivity index is 1.76. The first-order chi connectivity index (χ1) is 20.0. The second-order valence-electron chi connectivity index (χ2n) is 14.7. The van der Waals surface area contributed by atoms with E-state index in [0.717, 1.165) is 12.8 Å². The van der Waals surface area contributed by atoms with Crippen LogP contribution in [0.2, 0.25) is 0 Å². The summed E-state index contributed by atoms with van der Waals surface area (Å²) in [5.41, 5.74) is -0.399. The number of rotatable bonds is 14. The SMILES string of the molecule is CC(C)(C)CC(C(=O)OCC(O)COC(=O)C1CCCCC1C(=O)OCC(O)CNC1CCC(C(=O)O)CC1)C(C)(C)C. The molecule has 11 nitrogen and oxygen atoms in total. The lowest BCUT2D eigenvalue weighted by Gasteiger charge is -2.34. The second kappa shape index (κ2) is 16.7. The molecule has 2 fully saturated rings. The maximum absolute atomic E-state index is 12.9. The number of esters is 3. The van der Waals surface area contributed by atoms with Crippen LogP contribution in [-0.4, -0.2) is 83.8 Å². The quantitative estimate of drug-likeness (QED) is 0.167. The van der Waals surface area contributed by atoms with Gasteiger partial charge in [0.25, 0.3) is 0 Å². The maximum atomic E-state index is 12.9. The smallest absolute Gasteiger partial charge is 0.309 e. The number of carbonyl (C=O) groups is 4. The second-order valence-corrected chi connectivity index (χ2v) is 14.7. The molecule has 0 radical (unpaired) electrons. The van der Waals surface area contributed by atoms with Gasteiger partial charge in [0.2, 0.25) is 0 Å². The van der Waals surface area contributed by atoms with Gasteiger partial charge in [0.1, 0.15) is 32.0 Å². The fourth-order valence-electron chi connectivity index (χ4n) is 5.85. The Morgan fingerprint density at radius 2 is 1.23 bits per heavy atom. The summed E-state index contributed by atoms with van der Waals surface area (Å²) in [5, 5.41) is 33.0. The number of hydrogen-bond acceptors (Lipinski definition) is 10. The van der Waals surface area contributed by atoms with Crippen LogP contribution < -0.4 is 5.32 Å². The summed E-state index contributed by atoms with van der Waals surface area (Å²) in [6, 6.07) is 0.112. The maximum Gasteiger partial charge on any atom is 0.309 e. The van der Waals surface area contributed by atoms with Crippen LogP contribution in [0.15, 0.2) is 0 Å². The van der Waals surface area contributed by atoms with Crippen molar-refractivity contribution in [1.82, 2.24) is 5.32 Å². The van der Waals surface area contributed by atoms with Crippen LogP contribution >= 0.6 is 0 Å². The number of aliphatic hydroxyl groups is 2. The molecule has 2 saturated carbocycles. The number of nitrogens with one attached hydrogen (secondary N) is 1. The van der Waals surface area contributed by atoms with Crippen LogP contribution in [0.1, 0.15) is 99.3 Å². The molecule has 11 heteroatoms. The Labute approximate surface area is 256 Å². The van der Waals surface area contributed by atoms with Crippen molar-refractivity contribution < 1.29 is 48.7 Å². The molecular formula is C32H55NO10. The topological polar surface area (TPSA) is 169 Å². The number of aliphatic carboxylic acids is 1. The van der Waals surface area contributed by atoms with Gasteiger partial charge in [0, 0.05) is 12.6 Å². The summed E-state index contributed by atoms with van der Waals surface area (Å²) >= 11 is 0. The van der Waals surface area contributed by atoms with E-state index in [9.17, 15) is 29.4 Å². The number of aliphatic hydroxyl groups excluding tert-OH is 2. The molecule has 0 saturated heterocycles. The normalized spacial score (nSPS) is 25.2. The molecule has 0 amide bonds. The first-order valence-electron chi connectivity index (χ1n) is 15.8. The van der Waals surface area contributed by atoms with Gasteiger partial charge < -0.3 is 34.8 Å². The minimum Gasteiger partial charge on any atom is -0.481 e. The summed E-state index contributed by atoms with van der Waals surface area (Å²) < 4.78 is 16.1. The minimum atomic E-state index is -1.20. The molecule has 0 heterocycles. The monoisotopic (exact) mass is 613 g/mol. The Morgan fingerprint density at radius 1 is 0.744 bits per heavy atom. The van der Waals surface area contributed by atoms with Gasteiger partial charge in [-0.1, -0.05) is 54.4 Å². The zero-order chi connectivity index (χ0) is 32.4.